The van der Waals surface area contributed by atoms with Crippen LogP contribution < -0.4 is 21.7 Å². The van der Waals surface area contributed by atoms with Crippen molar-refractivity contribution in [3.05, 3.63) is 35.9 Å². The summed E-state index contributed by atoms with van der Waals surface area (Å²) in [5.41, 5.74) is 5.94. The van der Waals surface area contributed by atoms with Gasteiger partial charge in [0.1, 0.15) is 24.2 Å². The number of benzene rings is 1. The molecule has 0 radical (unpaired) electrons. The van der Waals surface area contributed by atoms with Crippen molar-refractivity contribution in [2.24, 2.45) is 5.73 Å². The van der Waals surface area contributed by atoms with E-state index in [4.69, 9.17) is 21.1 Å². The van der Waals surface area contributed by atoms with E-state index in [0.29, 0.717) is 5.56 Å². The summed E-state index contributed by atoms with van der Waals surface area (Å²) >= 11 is 0. The first-order chi connectivity index (χ1) is 16.4. The van der Waals surface area contributed by atoms with Gasteiger partial charge >= 0.3 is 17.9 Å². The first-order valence-corrected chi connectivity index (χ1v) is 10.4. The van der Waals surface area contributed by atoms with Crippen LogP contribution >= 0.6 is 0 Å². The molecule has 0 aromatic heterocycles. The van der Waals surface area contributed by atoms with Crippen molar-refractivity contribution >= 4 is 35.6 Å². The monoisotopic (exact) mass is 496 g/mol. The third-order valence-electron chi connectivity index (χ3n) is 4.72. The number of carboxylic acid groups (broad SMARTS) is 3. The van der Waals surface area contributed by atoms with Crippen molar-refractivity contribution in [2.75, 3.05) is 6.61 Å². The predicted molar refractivity (Wildman–Crippen MR) is 118 cm³/mol. The molecule has 3 amide bonds. The molecule has 0 saturated carbocycles. The molecule has 1 rings (SSSR count). The predicted octanol–water partition coefficient (Wildman–Crippen LogP) is -2.57. The Morgan fingerprint density at radius 3 is 1.83 bits per heavy atom. The zero-order valence-electron chi connectivity index (χ0n) is 18.5. The molecule has 14 nitrogen and oxygen atoms in total. The number of amides is 3. The Morgan fingerprint density at radius 1 is 0.771 bits per heavy atom. The lowest BCUT2D eigenvalue weighted by Crippen LogP contribution is -2.58. The number of carbonyl (C=O) groups excluding carboxylic acids is 3. The fourth-order valence-corrected chi connectivity index (χ4v) is 2.87. The first kappa shape index (κ1) is 29.0. The van der Waals surface area contributed by atoms with Crippen molar-refractivity contribution in [3.8, 4) is 0 Å². The van der Waals surface area contributed by atoms with E-state index in [9.17, 15) is 33.9 Å². The molecular weight excluding hydrogens is 468 g/mol. The largest absolute Gasteiger partial charge is 0.481 e. The van der Waals surface area contributed by atoms with Crippen molar-refractivity contribution in [3.63, 3.8) is 0 Å². The molecule has 0 spiro atoms. The summed E-state index contributed by atoms with van der Waals surface area (Å²) in [4.78, 5) is 71.1. The molecule has 14 heteroatoms. The summed E-state index contributed by atoms with van der Waals surface area (Å²) in [7, 11) is 0. The minimum absolute atomic E-state index is 0.131. The van der Waals surface area contributed by atoms with E-state index in [-0.39, 0.29) is 6.42 Å². The van der Waals surface area contributed by atoms with E-state index in [1.54, 1.807) is 30.3 Å². The Balaban J connectivity index is 3.12. The van der Waals surface area contributed by atoms with E-state index in [1.165, 1.54) is 0 Å². The number of aliphatic carboxylic acids is 3. The number of aliphatic hydroxyl groups excluding tert-OH is 1. The molecule has 1 aromatic rings. The van der Waals surface area contributed by atoms with Gasteiger partial charge in [-0.1, -0.05) is 30.3 Å². The topological polar surface area (TPSA) is 245 Å². The molecule has 0 aliphatic heterocycles. The highest BCUT2D eigenvalue weighted by molar-refractivity contribution is 5.95. The third kappa shape index (κ3) is 10.6. The normalized spacial score (nSPS) is 14.0. The average molecular weight is 496 g/mol. The van der Waals surface area contributed by atoms with Crippen LogP contribution in [0.2, 0.25) is 0 Å². The smallest absolute Gasteiger partial charge is 0.326 e. The lowest BCUT2D eigenvalue weighted by Gasteiger charge is -2.24. The van der Waals surface area contributed by atoms with Crippen molar-refractivity contribution < 1.29 is 49.2 Å². The van der Waals surface area contributed by atoms with Crippen LogP contribution in [0.15, 0.2) is 30.3 Å². The minimum Gasteiger partial charge on any atom is -0.481 e. The number of rotatable bonds is 15. The van der Waals surface area contributed by atoms with Gasteiger partial charge in [0.2, 0.25) is 17.7 Å². The summed E-state index contributed by atoms with van der Waals surface area (Å²) in [5, 5.41) is 42.8. The summed E-state index contributed by atoms with van der Waals surface area (Å²) in [6, 6.07) is 2.21. The lowest BCUT2D eigenvalue weighted by molar-refractivity contribution is -0.144. The molecule has 0 saturated heterocycles. The maximum Gasteiger partial charge on any atom is 0.326 e. The maximum absolute atomic E-state index is 12.9. The number of hydrogen-bond acceptors (Lipinski definition) is 8. The molecule has 1 aromatic carbocycles. The molecule has 0 heterocycles. The van der Waals surface area contributed by atoms with Crippen LogP contribution in [0.3, 0.4) is 0 Å². The summed E-state index contributed by atoms with van der Waals surface area (Å²) < 4.78 is 0. The molecule has 0 aliphatic carbocycles. The van der Waals surface area contributed by atoms with Gasteiger partial charge < -0.3 is 42.1 Å². The van der Waals surface area contributed by atoms with Crippen LogP contribution in [0.1, 0.15) is 24.8 Å². The second-order valence-corrected chi connectivity index (χ2v) is 7.53. The Kier molecular flexibility index (Phi) is 11.8. The summed E-state index contributed by atoms with van der Waals surface area (Å²) in [5.74, 6) is -7.25. The second kappa shape index (κ2) is 14.3. The van der Waals surface area contributed by atoms with E-state index in [2.05, 4.69) is 16.0 Å². The Morgan fingerprint density at radius 2 is 1.31 bits per heavy atom. The zero-order chi connectivity index (χ0) is 26.5. The zero-order valence-corrected chi connectivity index (χ0v) is 18.5. The number of nitrogens with one attached hydrogen (secondary N) is 3. The van der Waals surface area contributed by atoms with E-state index < -0.39 is 85.7 Å². The van der Waals surface area contributed by atoms with Crippen LogP contribution in [0, 0.1) is 0 Å². The molecule has 0 bridgehead atoms. The van der Waals surface area contributed by atoms with E-state index in [1.807, 2.05) is 0 Å². The standard InChI is InChI=1S/C21H28N4O10/c22-12(10-26)18(31)24-15(9-17(29)30)20(33)25-14(8-11-4-2-1-3-5-11)19(32)23-13(21(34)35)6-7-16(27)28/h1-5,12-15,26H,6-10,22H2,(H,23,32)(H,24,31)(H,25,33)(H,27,28)(H,29,30)(H,34,35). The van der Waals surface area contributed by atoms with Crippen LogP contribution in [0.5, 0.6) is 0 Å². The van der Waals surface area contributed by atoms with Crippen LogP contribution in [-0.2, 0) is 35.2 Å². The van der Waals surface area contributed by atoms with Gasteiger partial charge in [-0.05, 0) is 12.0 Å². The van der Waals surface area contributed by atoms with Crippen LogP contribution in [-0.4, -0.2) is 86.8 Å². The van der Waals surface area contributed by atoms with Gasteiger partial charge in [0, 0.05) is 12.8 Å². The fourth-order valence-electron chi connectivity index (χ4n) is 2.87. The highest BCUT2D eigenvalue weighted by Gasteiger charge is 2.31. The first-order valence-electron chi connectivity index (χ1n) is 10.4. The minimum atomic E-state index is -1.66. The van der Waals surface area contributed by atoms with Gasteiger partial charge in [0.05, 0.1) is 13.0 Å². The number of nitrogens with two attached hydrogens (primary N) is 1. The average Bonchev–Trinajstić information content (AvgIpc) is 2.79. The van der Waals surface area contributed by atoms with Crippen molar-refractivity contribution in [2.45, 2.75) is 49.9 Å². The molecule has 35 heavy (non-hydrogen) atoms. The molecule has 9 N–H and O–H groups in total. The molecule has 0 fully saturated rings. The Labute approximate surface area is 199 Å². The van der Waals surface area contributed by atoms with E-state index in [0.717, 1.165) is 0 Å². The molecule has 192 valence electrons. The number of aliphatic hydroxyl groups is 1. The van der Waals surface area contributed by atoms with Gasteiger partial charge in [0.15, 0.2) is 0 Å². The molecule has 4 atom stereocenters. The van der Waals surface area contributed by atoms with Gasteiger partial charge in [-0.3, -0.25) is 24.0 Å². The maximum atomic E-state index is 12.9. The quantitative estimate of drug-likeness (QED) is 0.125. The highest BCUT2D eigenvalue weighted by atomic mass is 16.4. The number of carboxylic acids is 3. The van der Waals surface area contributed by atoms with Gasteiger partial charge in [0.25, 0.3) is 0 Å². The number of hydrogen-bond donors (Lipinski definition) is 8. The SMILES string of the molecule is NC(CO)C(=O)NC(CC(=O)O)C(=O)NC(Cc1ccccc1)C(=O)NC(CCC(=O)O)C(=O)O. The molecular formula is C21H28N4O10. The fraction of sp³-hybridized carbons (Fsp3) is 0.429. The highest BCUT2D eigenvalue weighted by Crippen LogP contribution is 2.07. The van der Waals surface area contributed by atoms with Crippen LogP contribution in [0.25, 0.3) is 0 Å². The lowest BCUT2D eigenvalue weighted by atomic mass is 10.0. The van der Waals surface area contributed by atoms with Crippen molar-refractivity contribution in [1.82, 2.24) is 16.0 Å². The van der Waals surface area contributed by atoms with E-state index >= 15 is 0 Å². The third-order valence-corrected chi connectivity index (χ3v) is 4.72. The summed E-state index contributed by atoms with van der Waals surface area (Å²) in [6.45, 7) is -0.765. The Hall–Kier alpha value is -4.04. The molecule has 0 aliphatic rings. The van der Waals surface area contributed by atoms with Crippen molar-refractivity contribution in [1.29, 1.82) is 0 Å². The van der Waals surface area contributed by atoms with Gasteiger partial charge in [-0.15, -0.1) is 0 Å². The van der Waals surface area contributed by atoms with Gasteiger partial charge in [-0.2, -0.15) is 0 Å². The number of carbonyl (C=O) groups is 6. The Bertz CT molecular complexity index is 924. The van der Waals surface area contributed by atoms with Gasteiger partial charge in [-0.25, -0.2) is 4.79 Å². The molecule has 4 unspecified atom stereocenters. The summed E-state index contributed by atoms with van der Waals surface area (Å²) in [6.07, 6.45) is -1.96. The van der Waals surface area contributed by atoms with Crippen LogP contribution in [0.4, 0.5) is 0 Å². The second-order valence-electron chi connectivity index (χ2n) is 7.53.